The fourth-order valence-corrected chi connectivity index (χ4v) is 3.00. The van der Waals surface area contributed by atoms with Gasteiger partial charge in [0, 0.05) is 17.7 Å². The van der Waals surface area contributed by atoms with E-state index in [1.165, 1.54) is 0 Å². The molecule has 0 aromatic heterocycles. The molecule has 152 valence electrons. The minimum atomic E-state index is -0.577. The van der Waals surface area contributed by atoms with Crippen molar-refractivity contribution in [3.8, 4) is 0 Å². The second-order valence-corrected chi connectivity index (χ2v) is 6.82. The molecular weight excluding hydrogens is 378 g/mol. The number of anilines is 1. The largest absolute Gasteiger partial charge is 0.456 e. The molecule has 3 aromatic rings. The van der Waals surface area contributed by atoms with Gasteiger partial charge in [-0.25, -0.2) is 0 Å². The van der Waals surface area contributed by atoms with Crippen molar-refractivity contribution in [2.24, 2.45) is 0 Å². The standard InChI is InChI=1S/C25H23NO4/c27-23(20-11-5-2-6-12-20)15-16-25(29)30-18-24(28)26-22-14-8-7-13-21(22)17-19-9-3-1-4-10-19/h1-14H,15-18H2,(H,26,28). The summed E-state index contributed by atoms with van der Waals surface area (Å²) < 4.78 is 5.02. The van der Waals surface area contributed by atoms with Gasteiger partial charge in [0.25, 0.3) is 5.91 Å². The van der Waals surface area contributed by atoms with Gasteiger partial charge in [-0.2, -0.15) is 0 Å². The number of carbonyl (C=O) groups is 3. The van der Waals surface area contributed by atoms with Gasteiger partial charge in [-0.15, -0.1) is 0 Å². The number of para-hydroxylation sites is 1. The molecule has 0 fully saturated rings. The van der Waals surface area contributed by atoms with Crippen molar-refractivity contribution in [1.29, 1.82) is 0 Å². The van der Waals surface area contributed by atoms with Crippen LogP contribution in [0.5, 0.6) is 0 Å². The Morgan fingerprint density at radius 1 is 0.733 bits per heavy atom. The molecule has 0 bridgehead atoms. The Labute approximate surface area is 175 Å². The molecule has 0 atom stereocenters. The Bertz CT molecular complexity index is 1000. The summed E-state index contributed by atoms with van der Waals surface area (Å²) in [5.41, 5.74) is 3.34. The first-order chi connectivity index (χ1) is 14.6. The molecule has 0 saturated carbocycles. The second kappa shape index (κ2) is 10.7. The van der Waals surface area contributed by atoms with E-state index in [1.807, 2.05) is 60.7 Å². The van der Waals surface area contributed by atoms with Gasteiger partial charge in [0.1, 0.15) is 0 Å². The van der Waals surface area contributed by atoms with Gasteiger partial charge in [-0.1, -0.05) is 78.9 Å². The molecule has 5 heteroatoms. The Hall–Kier alpha value is -3.73. The quantitative estimate of drug-likeness (QED) is 0.425. The van der Waals surface area contributed by atoms with Crippen LogP contribution in [0, 0.1) is 0 Å². The zero-order valence-electron chi connectivity index (χ0n) is 16.5. The molecule has 0 aliphatic carbocycles. The van der Waals surface area contributed by atoms with Crippen LogP contribution < -0.4 is 5.32 Å². The number of ether oxygens (including phenoxy) is 1. The van der Waals surface area contributed by atoms with Crippen molar-refractivity contribution in [3.05, 3.63) is 102 Å². The van der Waals surface area contributed by atoms with Gasteiger partial charge in [0.15, 0.2) is 12.4 Å². The normalized spacial score (nSPS) is 10.3. The average molecular weight is 401 g/mol. The maximum absolute atomic E-state index is 12.2. The SMILES string of the molecule is O=C(COC(=O)CCC(=O)c1ccccc1)Nc1ccccc1Cc1ccccc1. The molecule has 1 N–H and O–H groups in total. The van der Waals surface area contributed by atoms with Crippen LogP contribution in [0.1, 0.15) is 34.3 Å². The highest BCUT2D eigenvalue weighted by Crippen LogP contribution is 2.19. The first-order valence-electron chi connectivity index (χ1n) is 9.77. The lowest BCUT2D eigenvalue weighted by molar-refractivity contribution is -0.147. The van der Waals surface area contributed by atoms with E-state index in [0.29, 0.717) is 17.7 Å². The maximum Gasteiger partial charge on any atom is 0.306 e. The van der Waals surface area contributed by atoms with Gasteiger partial charge in [-0.3, -0.25) is 14.4 Å². The van der Waals surface area contributed by atoms with Gasteiger partial charge in [0.05, 0.1) is 6.42 Å². The molecule has 1 amide bonds. The second-order valence-electron chi connectivity index (χ2n) is 6.82. The highest BCUT2D eigenvalue weighted by Gasteiger charge is 2.13. The highest BCUT2D eigenvalue weighted by molar-refractivity contribution is 5.98. The number of Topliss-reactive ketones (excluding diaryl/α,β-unsaturated/α-hetero) is 1. The molecule has 0 spiro atoms. The van der Waals surface area contributed by atoms with Crippen LogP contribution in [0.15, 0.2) is 84.9 Å². The maximum atomic E-state index is 12.2. The van der Waals surface area contributed by atoms with Crippen molar-refractivity contribution >= 4 is 23.3 Å². The Morgan fingerprint density at radius 2 is 1.37 bits per heavy atom. The van der Waals surface area contributed by atoms with E-state index in [9.17, 15) is 14.4 Å². The third-order valence-corrected chi connectivity index (χ3v) is 4.55. The van der Waals surface area contributed by atoms with E-state index in [4.69, 9.17) is 4.74 Å². The van der Waals surface area contributed by atoms with E-state index < -0.39 is 18.5 Å². The van der Waals surface area contributed by atoms with Crippen LogP contribution in [-0.2, 0) is 20.7 Å². The number of nitrogens with one attached hydrogen (secondary N) is 1. The minimum absolute atomic E-state index is 0.0460. The molecule has 5 nitrogen and oxygen atoms in total. The smallest absolute Gasteiger partial charge is 0.306 e. The number of hydrogen-bond donors (Lipinski definition) is 1. The molecule has 3 aromatic carbocycles. The molecule has 0 radical (unpaired) electrons. The summed E-state index contributed by atoms with van der Waals surface area (Å²) in [4.78, 5) is 36.1. The highest BCUT2D eigenvalue weighted by atomic mass is 16.5. The predicted molar refractivity (Wildman–Crippen MR) is 115 cm³/mol. The molecule has 0 saturated heterocycles. The van der Waals surface area contributed by atoms with Crippen LogP contribution in [-0.4, -0.2) is 24.3 Å². The Kier molecular flexibility index (Phi) is 7.50. The summed E-state index contributed by atoms with van der Waals surface area (Å²) in [7, 11) is 0. The zero-order chi connectivity index (χ0) is 21.2. The summed E-state index contributed by atoms with van der Waals surface area (Å²) in [6, 6.07) is 26.2. The zero-order valence-corrected chi connectivity index (χ0v) is 16.5. The summed E-state index contributed by atoms with van der Waals surface area (Å²) in [5.74, 6) is -1.13. The average Bonchev–Trinajstić information content (AvgIpc) is 2.78. The first kappa shape index (κ1) is 21.0. The van der Waals surface area contributed by atoms with Crippen molar-refractivity contribution in [3.63, 3.8) is 0 Å². The van der Waals surface area contributed by atoms with E-state index >= 15 is 0 Å². The summed E-state index contributed by atoms with van der Waals surface area (Å²) in [6.07, 6.45) is 0.661. The van der Waals surface area contributed by atoms with E-state index in [2.05, 4.69) is 5.32 Å². The van der Waals surface area contributed by atoms with Crippen LogP contribution in [0.25, 0.3) is 0 Å². The first-order valence-corrected chi connectivity index (χ1v) is 9.77. The number of rotatable bonds is 9. The molecule has 30 heavy (non-hydrogen) atoms. The molecule has 0 aliphatic rings. The molecule has 0 unspecified atom stereocenters. The number of carbonyl (C=O) groups excluding carboxylic acids is 3. The number of benzene rings is 3. The predicted octanol–water partition coefficient (Wildman–Crippen LogP) is 4.42. The molecule has 0 heterocycles. The lowest BCUT2D eigenvalue weighted by Gasteiger charge is -2.11. The fraction of sp³-hybridized carbons (Fsp3) is 0.160. The van der Waals surface area contributed by atoms with E-state index in [0.717, 1.165) is 11.1 Å². The van der Waals surface area contributed by atoms with E-state index in [1.54, 1.807) is 24.3 Å². The Morgan fingerprint density at radius 3 is 2.10 bits per heavy atom. The lowest BCUT2D eigenvalue weighted by Crippen LogP contribution is -2.21. The van der Waals surface area contributed by atoms with E-state index in [-0.39, 0.29) is 18.6 Å². The number of esters is 1. The van der Waals surface area contributed by atoms with Crippen LogP contribution in [0.3, 0.4) is 0 Å². The third-order valence-electron chi connectivity index (χ3n) is 4.55. The van der Waals surface area contributed by atoms with Gasteiger partial charge in [0.2, 0.25) is 0 Å². The number of hydrogen-bond acceptors (Lipinski definition) is 4. The molecule has 0 aliphatic heterocycles. The molecular formula is C25H23NO4. The van der Waals surface area contributed by atoms with Crippen LogP contribution in [0.2, 0.25) is 0 Å². The summed E-state index contributed by atoms with van der Waals surface area (Å²) >= 11 is 0. The third kappa shape index (κ3) is 6.41. The lowest BCUT2D eigenvalue weighted by atomic mass is 10.0. The van der Waals surface area contributed by atoms with Crippen LogP contribution in [0.4, 0.5) is 5.69 Å². The van der Waals surface area contributed by atoms with Gasteiger partial charge < -0.3 is 10.1 Å². The fourth-order valence-electron chi connectivity index (χ4n) is 3.00. The monoisotopic (exact) mass is 401 g/mol. The van der Waals surface area contributed by atoms with Crippen molar-refractivity contribution < 1.29 is 19.1 Å². The van der Waals surface area contributed by atoms with Gasteiger partial charge in [-0.05, 0) is 23.6 Å². The summed E-state index contributed by atoms with van der Waals surface area (Å²) in [5, 5.41) is 2.79. The van der Waals surface area contributed by atoms with Crippen LogP contribution >= 0.6 is 0 Å². The minimum Gasteiger partial charge on any atom is -0.456 e. The van der Waals surface area contributed by atoms with Crippen molar-refractivity contribution in [1.82, 2.24) is 0 Å². The Balaban J connectivity index is 1.47. The number of amides is 1. The topological polar surface area (TPSA) is 72.5 Å². The van der Waals surface area contributed by atoms with Crippen molar-refractivity contribution in [2.45, 2.75) is 19.3 Å². The van der Waals surface area contributed by atoms with Crippen molar-refractivity contribution in [2.75, 3.05) is 11.9 Å². The van der Waals surface area contributed by atoms with Gasteiger partial charge >= 0.3 is 5.97 Å². The molecule has 3 rings (SSSR count). The summed E-state index contributed by atoms with van der Waals surface area (Å²) in [6.45, 7) is -0.391. The number of ketones is 1.